The van der Waals surface area contributed by atoms with Gasteiger partial charge in [0.25, 0.3) is 0 Å². The van der Waals surface area contributed by atoms with Crippen LogP contribution < -0.4 is 9.47 Å². The Balaban J connectivity index is 2.35. The second kappa shape index (κ2) is 8.30. The van der Waals surface area contributed by atoms with Crippen molar-refractivity contribution in [1.82, 2.24) is 0 Å². The fourth-order valence-electron chi connectivity index (χ4n) is 2.09. The lowest BCUT2D eigenvalue weighted by molar-refractivity contribution is -0.385. The topological polar surface area (TPSA) is 98.9 Å². The van der Waals surface area contributed by atoms with Gasteiger partial charge in [-0.3, -0.25) is 14.9 Å². The number of carboxylic acid groups (broad SMARTS) is 1. The van der Waals surface area contributed by atoms with Crippen LogP contribution >= 0.6 is 31.9 Å². The van der Waals surface area contributed by atoms with Gasteiger partial charge in [-0.25, -0.2) is 0 Å². The summed E-state index contributed by atoms with van der Waals surface area (Å²) in [7, 11) is 0. The van der Waals surface area contributed by atoms with E-state index < -0.39 is 10.9 Å². The fraction of sp³-hybridized carbons (Fsp3) is 0.188. The molecule has 0 unspecified atom stereocenters. The quantitative estimate of drug-likeness (QED) is 0.450. The SMILES string of the molecule is CCOc1ccc(Oc2c(Br)cc(CC(=O)O)cc2Br)cc1[N+](=O)[O-]. The van der Waals surface area contributed by atoms with Crippen molar-refractivity contribution in [3.63, 3.8) is 0 Å². The minimum Gasteiger partial charge on any atom is -0.487 e. The summed E-state index contributed by atoms with van der Waals surface area (Å²) >= 11 is 6.65. The molecule has 9 heteroatoms. The smallest absolute Gasteiger partial charge is 0.314 e. The van der Waals surface area contributed by atoms with Crippen molar-refractivity contribution in [1.29, 1.82) is 0 Å². The van der Waals surface area contributed by atoms with Crippen molar-refractivity contribution < 1.29 is 24.3 Å². The lowest BCUT2D eigenvalue weighted by Gasteiger charge is -2.12. The molecule has 0 aliphatic heterocycles. The second-order valence-electron chi connectivity index (χ2n) is 4.88. The van der Waals surface area contributed by atoms with E-state index >= 15 is 0 Å². The van der Waals surface area contributed by atoms with E-state index in [2.05, 4.69) is 31.9 Å². The van der Waals surface area contributed by atoms with Gasteiger partial charge in [0.2, 0.25) is 0 Å². The predicted octanol–water partition coefficient (Wildman–Crippen LogP) is 4.94. The summed E-state index contributed by atoms with van der Waals surface area (Å²) in [5.74, 6) is -0.153. The summed E-state index contributed by atoms with van der Waals surface area (Å²) in [5, 5.41) is 20.0. The number of ether oxygens (including phenoxy) is 2. The molecule has 0 bridgehead atoms. The molecular formula is C16H13Br2NO6. The molecule has 0 aliphatic carbocycles. The molecule has 0 aromatic heterocycles. The van der Waals surface area contributed by atoms with Crippen LogP contribution in [0.4, 0.5) is 5.69 Å². The van der Waals surface area contributed by atoms with Crippen LogP contribution in [-0.4, -0.2) is 22.6 Å². The van der Waals surface area contributed by atoms with Crippen LogP contribution in [0.1, 0.15) is 12.5 Å². The molecule has 0 heterocycles. The van der Waals surface area contributed by atoms with Crippen LogP contribution in [0.2, 0.25) is 0 Å². The van der Waals surface area contributed by atoms with E-state index in [-0.39, 0.29) is 23.6 Å². The molecule has 0 saturated heterocycles. The van der Waals surface area contributed by atoms with Gasteiger partial charge in [0.15, 0.2) is 11.5 Å². The Hall–Kier alpha value is -2.13. The van der Waals surface area contributed by atoms with Crippen LogP contribution in [0, 0.1) is 10.1 Å². The molecule has 0 amide bonds. The number of hydrogen-bond acceptors (Lipinski definition) is 5. The van der Waals surface area contributed by atoms with Crippen LogP contribution in [0.5, 0.6) is 17.2 Å². The Kier molecular flexibility index (Phi) is 6.38. The van der Waals surface area contributed by atoms with E-state index in [4.69, 9.17) is 14.6 Å². The highest BCUT2D eigenvalue weighted by molar-refractivity contribution is 9.11. The van der Waals surface area contributed by atoms with Crippen molar-refractivity contribution in [2.24, 2.45) is 0 Å². The molecule has 2 rings (SSSR count). The number of hydrogen-bond donors (Lipinski definition) is 1. The zero-order valence-electron chi connectivity index (χ0n) is 13.0. The van der Waals surface area contributed by atoms with Gasteiger partial charge in [0, 0.05) is 0 Å². The van der Waals surface area contributed by atoms with E-state index in [1.165, 1.54) is 12.1 Å². The molecule has 2 aromatic rings. The third-order valence-corrected chi connectivity index (χ3v) is 4.24. The summed E-state index contributed by atoms with van der Waals surface area (Å²) < 4.78 is 12.0. The number of aliphatic carboxylic acids is 1. The van der Waals surface area contributed by atoms with Crippen LogP contribution in [0.15, 0.2) is 39.3 Å². The molecule has 0 atom stereocenters. The van der Waals surface area contributed by atoms with Gasteiger partial charge in [-0.15, -0.1) is 0 Å². The number of nitro benzene ring substituents is 1. The Morgan fingerprint density at radius 1 is 1.24 bits per heavy atom. The third kappa shape index (κ3) is 4.93. The van der Waals surface area contributed by atoms with Gasteiger partial charge < -0.3 is 14.6 Å². The van der Waals surface area contributed by atoms with Crippen molar-refractivity contribution in [3.05, 3.63) is 55.0 Å². The highest BCUT2D eigenvalue weighted by Gasteiger charge is 2.18. The first kappa shape index (κ1) is 19.2. The zero-order chi connectivity index (χ0) is 18.6. The van der Waals surface area contributed by atoms with Crippen molar-refractivity contribution >= 4 is 43.5 Å². The summed E-state index contributed by atoms with van der Waals surface area (Å²) in [6.07, 6.45) is -0.133. The molecule has 132 valence electrons. The molecule has 25 heavy (non-hydrogen) atoms. The summed E-state index contributed by atoms with van der Waals surface area (Å²) in [5.41, 5.74) is 0.380. The predicted molar refractivity (Wildman–Crippen MR) is 97.5 cm³/mol. The Labute approximate surface area is 160 Å². The fourth-order valence-corrected chi connectivity index (χ4v) is 3.53. The number of nitrogens with zero attached hydrogens (tertiary/aromatic N) is 1. The van der Waals surface area contributed by atoms with E-state index in [9.17, 15) is 14.9 Å². The molecular weight excluding hydrogens is 462 g/mol. The third-order valence-electron chi connectivity index (χ3n) is 3.06. The van der Waals surface area contributed by atoms with E-state index in [1.54, 1.807) is 25.1 Å². The molecule has 0 radical (unpaired) electrons. The van der Waals surface area contributed by atoms with Crippen LogP contribution in [-0.2, 0) is 11.2 Å². The molecule has 0 saturated carbocycles. The molecule has 0 spiro atoms. The Morgan fingerprint density at radius 2 is 1.88 bits per heavy atom. The van der Waals surface area contributed by atoms with E-state index in [1.807, 2.05) is 0 Å². The molecule has 7 nitrogen and oxygen atoms in total. The normalized spacial score (nSPS) is 10.4. The van der Waals surface area contributed by atoms with Crippen molar-refractivity contribution in [3.8, 4) is 17.2 Å². The second-order valence-corrected chi connectivity index (χ2v) is 6.59. The van der Waals surface area contributed by atoms with E-state index in [0.717, 1.165) is 0 Å². The zero-order valence-corrected chi connectivity index (χ0v) is 16.2. The van der Waals surface area contributed by atoms with Gasteiger partial charge in [-0.05, 0) is 68.6 Å². The standard InChI is InChI=1S/C16H13Br2NO6/c1-2-24-14-4-3-10(8-13(14)19(22)23)25-16-11(17)5-9(6-12(16)18)7-15(20)21/h3-6,8H,2,7H2,1H3,(H,20,21). The average molecular weight is 475 g/mol. The summed E-state index contributed by atoms with van der Waals surface area (Å²) in [6.45, 7) is 2.05. The van der Waals surface area contributed by atoms with Crippen molar-refractivity contribution in [2.75, 3.05) is 6.61 Å². The highest BCUT2D eigenvalue weighted by Crippen LogP contribution is 2.40. The van der Waals surface area contributed by atoms with Gasteiger partial charge in [0.05, 0.1) is 33.0 Å². The first-order valence-corrected chi connectivity index (χ1v) is 8.69. The van der Waals surface area contributed by atoms with Crippen LogP contribution in [0.25, 0.3) is 0 Å². The minimum absolute atomic E-state index is 0.133. The molecule has 0 fully saturated rings. The summed E-state index contributed by atoms with van der Waals surface area (Å²) in [6, 6.07) is 7.54. The number of benzene rings is 2. The Morgan fingerprint density at radius 3 is 2.40 bits per heavy atom. The number of carboxylic acids is 1. The largest absolute Gasteiger partial charge is 0.487 e. The van der Waals surface area contributed by atoms with E-state index in [0.29, 0.717) is 26.9 Å². The van der Waals surface area contributed by atoms with Gasteiger partial charge in [-0.2, -0.15) is 0 Å². The number of carbonyl (C=O) groups is 1. The van der Waals surface area contributed by atoms with Crippen molar-refractivity contribution in [2.45, 2.75) is 13.3 Å². The first-order valence-electron chi connectivity index (χ1n) is 7.10. The first-order chi connectivity index (χ1) is 11.8. The highest BCUT2D eigenvalue weighted by atomic mass is 79.9. The lowest BCUT2D eigenvalue weighted by Crippen LogP contribution is -2.01. The maximum absolute atomic E-state index is 11.2. The lowest BCUT2D eigenvalue weighted by atomic mass is 10.1. The molecule has 1 N–H and O–H groups in total. The average Bonchev–Trinajstić information content (AvgIpc) is 2.51. The maximum Gasteiger partial charge on any atom is 0.314 e. The number of halogens is 2. The maximum atomic E-state index is 11.2. The van der Waals surface area contributed by atoms with Gasteiger partial charge in [-0.1, -0.05) is 0 Å². The number of nitro groups is 1. The monoisotopic (exact) mass is 473 g/mol. The number of rotatable bonds is 7. The Bertz CT molecular complexity index is 801. The molecule has 0 aliphatic rings. The van der Waals surface area contributed by atoms with Gasteiger partial charge in [0.1, 0.15) is 5.75 Å². The summed E-state index contributed by atoms with van der Waals surface area (Å²) in [4.78, 5) is 21.5. The van der Waals surface area contributed by atoms with Crippen LogP contribution in [0.3, 0.4) is 0 Å². The van der Waals surface area contributed by atoms with Gasteiger partial charge >= 0.3 is 11.7 Å². The minimum atomic E-state index is -0.949. The molecule has 2 aromatic carbocycles.